The minimum Gasteiger partial charge on any atom is -0.488 e. The second-order valence-corrected chi connectivity index (χ2v) is 7.26. The summed E-state index contributed by atoms with van der Waals surface area (Å²) >= 11 is 6.19. The van der Waals surface area contributed by atoms with Crippen molar-refractivity contribution in [3.8, 4) is 11.8 Å². The number of halogens is 3. The summed E-state index contributed by atoms with van der Waals surface area (Å²) < 4.78 is 43.9. The largest absolute Gasteiger partial charge is 0.488 e. The number of allylic oxidation sites excluding steroid dienone is 2. The molecule has 1 unspecified atom stereocenters. The van der Waals surface area contributed by atoms with Crippen LogP contribution in [0.4, 0.5) is 8.78 Å². The molecule has 1 aliphatic heterocycles. The van der Waals surface area contributed by atoms with Gasteiger partial charge in [-0.3, -0.25) is 0 Å². The van der Waals surface area contributed by atoms with Gasteiger partial charge in [0.05, 0.1) is 18.1 Å². The molecule has 2 aromatic carbocycles. The van der Waals surface area contributed by atoms with E-state index in [4.69, 9.17) is 31.5 Å². The van der Waals surface area contributed by atoms with Crippen molar-refractivity contribution in [1.29, 1.82) is 5.26 Å². The first-order valence-electron chi connectivity index (χ1n) is 9.58. The van der Waals surface area contributed by atoms with E-state index in [0.29, 0.717) is 10.6 Å². The van der Waals surface area contributed by atoms with Crippen LogP contribution in [0.1, 0.15) is 30.9 Å². The van der Waals surface area contributed by atoms with Crippen molar-refractivity contribution in [2.24, 2.45) is 5.73 Å². The van der Waals surface area contributed by atoms with Crippen molar-refractivity contribution in [2.45, 2.75) is 26.4 Å². The Morgan fingerprint density at radius 3 is 2.72 bits per heavy atom. The number of hydrogen-bond acceptors (Lipinski definition) is 6. The highest BCUT2D eigenvalue weighted by atomic mass is 35.5. The maximum atomic E-state index is 14.0. The van der Waals surface area contributed by atoms with Crippen LogP contribution in [0, 0.1) is 23.0 Å². The van der Waals surface area contributed by atoms with Crippen molar-refractivity contribution in [2.75, 3.05) is 6.61 Å². The van der Waals surface area contributed by atoms with Gasteiger partial charge < -0.3 is 19.9 Å². The van der Waals surface area contributed by atoms with E-state index in [1.54, 1.807) is 6.92 Å². The Balaban J connectivity index is 2.10. The summed E-state index contributed by atoms with van der Waals surface area (Å²) in [6.07, 6.45) is 0. The molecule has 0 fully saturated rings. The van der Waals surface area contributed by atoms with Crippen LogP contribution < -0.4 is 10.5 Å². The van der Waals surface area contributed by atoms with Gasteiger partial charge in [0.15, 0.2) is 0 Å². The predicted octanol–water partition coefficient (Wildman–Crippen LogP) is 4.84. The first kappa shape index (κ1) is 23.1. The number of rotatable bonds is 6. The first-order chi connectivity index (χ1) is 15.3. The second-order valence-electron chi connectivity index (χ2n) is 6.82. The summed E-state index contributed by atoms with van der Waals surface area (Å²) in [5, 5.41) is 10.0. The molecule has 1 heterocycles. The third-order valence-corrected chi connectivity index (χ3v) is 5.01. The minimum absolute atomic E-state index is 0.00854. The Morgan fingerprint density at radius 2 is 2.03 bits per heavy atom. The molecule has 0 bridgehead atoms. The molecule has 0 spiro atoms. The van der Waals surface area contributed by atoms with Gasteiger partial charge >= 0.3 is 5.97 Å². The molecule has 1 atom stereocenters. The third-order valence-electron chi connectivity index (χ3n) is 4.77. The van der Waals surface area contributed by atoms with E-state index in [0.717, 1.165) is 18.2 Å². The predicted molar refractivity (Wildman–Crippen MR) is 112 cm³/mol. The highest BCUT2D eigenvalue weighted by Gasteiger charge is 2.38. The van der Waals surface area contributed by atoms with E-state index >= 15 is 0 Å². The number of esters is 1. The number of benzene rings is 2. The third kappa shape index (κ3) is 4.68. The average molecular weight is 461 g/mol. The number of nitriles is 1. The van der Waals surface area contributed by atoms with Crippen molar-refractivity contribution < 1.29 is 27.8 Å². The van der Waals surface area contributed by atoms with Crippen molar-refractivity contribution in [3.63, 3.8) is 0 Å². The van der Waals surface area contributed by atoms with Crippen LogP contribution in [0.5, 0.6) is 5.75 Å². The van der Waals surface area contributed by atoms with E-state index in [1.165, 1.54) is 25.1 Å². The van der Waals surface area contributed by atoms with E-state index in [-0.39, 0.29) is 47.3 Å². The summed E-state index contributed by atoms with van der Waals surface area (Å²) in [5.41, 5.74) is 6.25. The van der Waals surface area contributed by atoms with Gasteiger partial charge in [-0.05, 0) is 50.2 Å². The number of carbonyl (C=O) groups is 1. The van der Waals surface area contributed by atoms with Crippen LogP contribution in [-0.4, -0.2) is 12.6 Å². The lowest BCUT2D eigenvalue weighted by atomic mass is 9.82. The molecular weight excluding hydrogens is 442 g/mol. The minimum atomic E-state index is -1.00. The SMILES string of the molecule is CCOC(=O)C1=C(C)OC(N)=C(C#N)C1c1cc(Cl)ccc1OCc1cc(F)ccc1F. The molecule has 2 N–H and O–H groups in total. The molecule has 0 saturated heterocycles. The summed E-state index contributed by atoms with van der Waals surface area (Å²) in [5.74, 6) is -2.78. The van der Waals surface area contributed by atoms with Crippen LogP contribution in [0.3, 0.4) is 0 Å². The van der Waals surface area contributed by atoms with Crippen LogP contribution >= 0.6 is 11.6 Å². The lowest BCUT2D eigenvalue weighted by molar-refractivity contribution is -0.139. The molecule has 166 valence electrons. The normalized spacial score (nSPS) is 15.8. The number of carbonyl (C=O) groups excluding carboxylic acids is 1. The highest BCUT2D eigenvalue weighted by Crippen LogP contribution is 2.44. The van der Waals surface area contributed by atoms with Gasteiger partial charge in [0.1, 0.15) is 41.4 Å². The number of ether oxygens (including phenoxy) is 3. The number of nitrogens with two attached hydrogens (primary N) is 1. The Bertz CT molecular complexity index is 1170. The molecule has 1 aliphatic rings. The summed E-state index contributed by atoms with van der Waals surface area (Å²) in [4.78, 5) is 12.7. The van der Waals surface area contributed by atoms with Gasteiger partial charge in [0, 0.05) is 16.1 Å². The molecule has 3 rings (SSSR count). The average Bonchev–Trinajstić information content (AvgIpc) is 2.74. The second kappa shape index (κ2) is 9.71. The zero-order valence-corrected chi connectivity index (χ0v) is 18.0. The zero-order valence-electron chi connectivity index (χ0n) is 17.2. The Hall–Kier alpha value is -3.57. The van der Waals surface area contributed by atoms with Gasteiger partial charge in [-0.25, -0.2) is 13.6 Å². The van der Waals surface area contributed by atoms with Crippen molar-refractivity contribution in [1.82, 2.24) is 0 Å². The Labute approximate surface area is 188 Å². The summed E-state index contributed by atoms with van der Waals surface area (Å²) in [6.45, 7) is 2.96. The van der Waals surface area contributed by atoms with E-state index < -0.39 is 23.5 Å². The van der Waals surface area contributed by atoms with E-state index in [9.17, 15) is 18.8 Å². The zero-order chi connectivity index (χ0) is 23.4. The molecule has 0 radical (unpaired) electrons. The van der Waals surface area contributed by atoms with Crippen molar-refractivity contribution >= 4 is 17.6 Å². The van der Waals surface area contributed by atoms with Gasteiger partial charge in [-0.15, -0.1) is 0 Å². The Morgan fingerprint density at radius 1 is 1.28 bits per heavy atom. The van der Waals surface area contributed by atoms with Gasteiger partial charge in [0.2, 0.25) is 5.88 Å². The lowest BCUT2D eigenvalue weighted by Crippen LogP contribution is -2.26. The molecule has 2 aromatic rings. The number of hydrogen-bond donors (Lipinski definition) is 1. The molecule has 6 nitrogen and oxygen atoms in total. The monoisotopic (exact) mass is 460 g/mol. The fraction of sp³-hybridized carbons (Fsp3) is 0.217. The van der Waals surface area contributed by atoms with Crippen molar-refractivity contribution in [3.05, 3.63) is 87.0 Å². The smallest absolute Gasteiger partial charge is 0.338 e. The highest BCUT2D eigenvalue weighted by molar-refractivity contribution is 6.30. The quantitative estimate of drug-likeness (QED) is 0.620. The first-order valence-corrected chi connectivity index (χ1v) is 9.96. The van der Waals surface area contributed by atoms with Gasteiger partial charge in [0.25, 0.3) is 0 Å². The topological polar surface area (TPSA) is 94.6 Å². The van der Waals surface area contributed by atoms with Crippen LogP contribution in [0.2, 0.25) is 5.02 Å². The van der Waals surface area contributed by atoms with Crippen LogP contribution in [-0.2, 0) is 20.9 Å². The number of nitrogens with zero attached hydrogens (tertiary/aromatic N) is 1. The maximum absolute atomic E-state index is 14.0. The molecule has 32 heavy (non-hydrogen) atoms. The van der Waals surface area contributed by atoms with Gasteiger partial charge in [-0.2, -0.15) is 5.26 Å². The van der Waals surface area contributed by atoms with E-state index in [2.05, 4.69) is 0 Å². The van der Waals surface area contributed by atoms with Gasteiger partial charge in [-0.1, -0.05) is 11.6 Å². The molecule has 0 aliphatic carbocycles. The molecule has 0 aromatic heterocycles. The molecular formula is C23H19ClF2N2O4. The summed E-state index contributed by atoms with van der Waals surface area (Å²) in [7, 11) is 0. The fourth-order valence-corrected chi connectivity index (χ4v) is 3.53. The molecule has 9 heteroatoms. The standard InChI is InChI=1S/C23H19ClF2N2O4/c1-3-30-23(29)20-12(2)32-22(28)17(10-27)21(20)16-9-14(24)4-7-19(16)31-11-13-8-15(25)5-6-18(13)26/h4-9,21H,3,11,28H2,1-2H3. The van der Waals surface area contributed by atoms with Crippen LogP contribution in [0.25, 0.3) is 0 Å². The summed E-state index contributed by atoms with van der Waals surface area (Å²) in [6, 6.07) is 9.53. The lowest BCUT2D eigenvalue weighted by Gasteiger charge is -2.28. The Kier molecular flexibility index (Phi) is 7.01. The van der Waals surface area contributed by atoms with Crippen LogP contribution in [0.15, 0.2) is 59.2 Å². The molecule has 0 saturated carbocycles. The van der Waals surface area contributed by atoms with E-state index in [1.807, 2.05) is 6.07 Å². The fourth-order valence-electron chi connectivity index (χ4n) is 3.35. The molecule has 0 amide bonds. The maximum Gasteiger partial charge on any atom is 0.338 e.